The first-order chi connectivity index (χ1) is 7.55. The van der Waals surface area contributed by atoms with Crippen molar-refractivity contribution in [3.05, 3.63) is 0 Å². The Morgan fingerprint density at radius 3 is 1.88 bits per heavy atom. The van der Waals surface area contributed by atoms with E-state index in [1.54, 1.807) is 20.8 Å². The molecule has 6 nitrogen and oxygen atoms in total. The Morgan fingerprint density at radius 2 is 1.59 bits per heavy atom. The van der Waals surface area contributed by atoms with Gasteiger partial charge in [0.05, 0.1) is 6.54 Å². The molecule has 0 saturated heterocycles. The van der Waals surface area contributed by atoms with E-state index < -0.39 is 11.5 Å². The van der Waals surface area contributed by atoms with Crippen LogP contribution in [0.25, 0.3) is 0 Å². The number of likely N-dealkylation sites (N-methyl/N-ethyl adjacent to an activating group) is 1. The van der Waals surface area contributed by atoms with Gasteiger partial charge in [-0.3, -0.25) is 14.4 Å². The summed E-state index contributed by atoms with van der Waals surface area (Å²) < 4.78 is 0. The highest BCUT2D eigenvalue weighted by Gasteiger charge is 2.29. The number of rotatable bonds is 4. The van der Waals surface area contributed by atoms with Crippen LogP contribution in [-0.4, -0.2) is 58.4 Å². The molecule has 0 unspecified atom stereocenters. The minimum Gasteiger partial charge on any atom is -0.480 e. The molecule has 0 atom stereocenters. The van der Waals surface area contributed by atoms with Crippen LogP contribution in [0, 0.1) is 0 Å². The molecule has 0 rings (SSSR count). The van der Waals surface area contributed by atoms with Gasteiger partial charge in [0, 0.05) is 19.5 Å². The summed E-state index contributed by atoms with van der Waals surface area (Å²) in [4.78, 5) is 36.1. The van der Waals surface area contributed by atoms with Gasteiger partial charge in [-0.15, -0.1) is 0 Å². The summed E-state index contributed by atoms with van der Waals surface area (Å²) in [5, 5.41) is 8.76. The minimum absolute atomic E-state index is 0.111. The summed E-state index contributed by atoms with van der Waals surface area (Å²) in [7, 11) is 1.50. The number of amides is 2. The molecule has 6 heteroatoms. The van der Waals surface area contributed by atoms with Gasteiger partial charge in [-0.2, -0.15) is 0 Å². The molecule has 0 radical (unpaired) electrons. The van der Waals surface area contributed by atoms with Gasteiger partial charge < -0.3 is 14.9 Å². The molecule has 0 aliphatic heterocycles. The molecule has 0 heterocycles. The molecule has 0 bridgehead atoms. The summed E-state index contributed by atoms with van der Waals surface area (Å²) in [6.45, 7) is 6.13. The number of hydrogen-bond donors (Lipinski definition) is 1. The Bertz CT molecular complexity index is 320. The molecule has 0 spiro atoms. The lowest BCUT2D eigenvalue weighted by molar-refractivity contribution is -0.149. The molecule has 0 aromatic carbocycles. The van der Waals surface area contributed by atoms with E-state index in [1.165, 1.54) is 23.8 Å². The van der Waals surface area contributed by atoms with E-state index in [0.717, 1.165) is 0 Å². The Hall–Kier alpha value is -1.59. The van der Waals surface area contributed by atoms with E-state index >= 15 is 0 Å². The van der Waals surface area contributed by atoms with Gasteiger partial charge in [0.25, 0.3) is 0 Å². The number of carboxylic acids is 1. The second-order valence-electron chi connectivity index (χ2n) is 4.92. The smallest absolute Gasteiger partial charge is 0.323 e. The average Bonchev–Trinajstić information content (AvgIpc) is 2.11. The number of hydrogen-bond acceptors (Lipinski definition) is 3. The van der Waals surface area contributed by atoms with Crippen LogP contribution < -0.4 is 0 Å². The predicted molar refractivity (Wildman–Crippen MR) is 62.4 cm³/mol. The number of aliphatic carboxylic acids is 1. The van der Waals surface area contributed by atoms with Crippen molar-refractivity contribution in [3.8, 4) is 0 Å². The second-order valence-corrected chi connectivity index (χ2v) is 4.92. The molecular formula is C11H20N2O4. The monoisotopic (exact) mass is 244 g/mol. The lowest BCUT2D eigenvalue weighted by Gasteiger charge is -2.35. The fourth-order valence-corrected chi connectivity index (χ4v) is 1.23. The van der Waals surface area contributed by atoms with Crippen molar-refractivity contribution >= 4 is 17.8 Å². The first-order valence-electron chi connectivity index (χ1n) is 5.29. The van der Waals surface area contributed by atoms with Gasteiger partial charge in [0.15, 0.2) is 0 Å². The highest BCUT2D eigenvalue weighted by Crippen LogP contribution is 2.13. The molecule has 17 heavy (non-hydrogen) atoms. The third kappa shape index (κ3) is 5.33. The van der Waals surface area contributed by atoms with E-state index in [0.29, 0.717) is 0 Å². The van der Waals surface area contributed by atoms with E-state index in [9.17, 15) is 14.4 Å². The Labute approximate surface area is 101 Å². The molecule has 0 aliphatic rings. The predicted octanol–water partition coefficient (Wildman–Crippen LogP) is 0.176. The molecule has 1 N–H and O–H groups in total. The number of carbonyl (C=O) groups excluding carboxylic acids is 2. The van der Waals surface area contributed by atoms with Gasteiger partial charge in [-0.05, 0) is 20.8 Å². The summed E-state index contributed by atoms with van der Waals surface area (Å²) >= 11 is 0. The van der Waals surface area contributed by atoms with Crippen molar-refractivity contribution in [1.82, 2.24) is 9.80 Å². The first kappa shape index (κ1) is 15.4. The van der Waals surface area contributed by atoms with Crippen molar-refractivity contribution in [2.75, 3.05) is 20.1 Å². The Kier molecular flexibility index (Phi) is 5.12. The average molecular weight is 244 g/mol. The lowest BCUT2D eigenvalue weighted by atomic mass is 10.1. The SMILES string of the molecule is CC(=O)N(C)CC(=O)N(CC(=O)O)C(C)(C)C. The van der Waals surface area contributed by atoms with Crippen LogP contribution in [0.1, 0.15) is 27.7 Å². The van der Waals surface area contributed by atoms with Crippen molar-refractivity contribution in [2.24, 2.45) is 0 Å². The molecule has 2 amide bonds. The third-order valence-electron chi connectivity index (χ3n) is 2.31. The normalized spacial score (nSPS) is 10.9. The van der Waals surface area contributed by atoms with Crippen molar-refractivity contribution in [2.45, 2.75) is 33.2 Å². The van der Waals surface area contributed by atoms with Gasteiger partial charge >= 0.3 is 5.97 Å². The molecule has 0 aromatic rings. The Morgan fingerprint density at radius 1 is 1.12 bits per heavy atom. The fraction of sp³-hybridized carbons (Fsp3) is 0.727. The summed E-state index contributed by atoms with van der Waals surface area (Å²) in [6, 6.07) is 0. The van der Waals surface area contributed by atoms with Crippen LogP contribution in [-0.2, 0) is 14.4 Å². The Balaban J connectivity index is 4.77. The maximum Gasteiger partial charge on any atom is 0.323 e. The number of nitrogens with zero attached hydrogens (tertiary/aromatic N) is 2. The standard InChI is InChI=1S/C11H20N2O4/c1-8(14)12(5)6-9(15)13(7-10(16)17)11(2,3)4/h6-7H2,1-5H3,(H,16,17). The molecule has 0 fully saturated rings. The summed E-state index contributed by atoms with van der Waals surface area (Å²) in [6.07, 6.45) is 0. The highest BCUT2D eigenvalue weighted by molar-refractivity contribution is 5.86. The largest absolute Gasteiger partial charge is 0.480 e. The number of carbonyl (C=O) groups is 3. The topological polar surface area (TPSA) is 77.9 Å². The van der Waals surface area contributed by atoms with Crippen LogP contribution in [0.15, 0.2) is 0 Å². The molecular weight excluding hydrogens is 224 g/mol. The quantitative estimate of drug-likeness (QED) is 0.765. The zero-order valence-electron chi connectivity index (χ0n) is 11.0. The van der Waals surface area contributed by atoms with Crippen LogP contribution in [0.3, 0.4) is 0 Å². The zero-order valence-corrected chi connectivity index (χ0v) is 11.0. The maximum absolute atomic E-state index is 11.9. The van der Waals surface area contributed by atoms with Gasteiger partial charge in [-0.25, -0.2) is 0 Å². The van der Waals surface area contributed by atoms with E-state index in [4.69, 9.17) is 5.11 Å². The van der Waals surface area contributed by atoms with Crippen molar-refractivity contribution < 1.29 is 19.5 Å². The lowest BCUT2D eigenvalue weighted by Crippen LogP contribution is -2.51. The minimum atomic E-state index is -1.07. The van der Waals surface area contributed by atoms with Crippen LogP contribution >= 0.6 is 0 Å². The first-order valence-corrected chi connectivity index (χ1v) is 5.29. The molecule has 0 aliphatic carbocycles. The molecule has 0 aromatic heterocycles. The molecule has 98 valence electrons. The van der Waals surface area contributed by atoms with Gasteiger partial charge in [0.1, 0.15) is 6.54 Å². The number of carboxylic acid groups (broad SMARTS) is 1. The fourth-order valence-electron chi connectivity index (χ4n) is 1.23. The van der Waals surface area contributed by atoms with Gasteiger partial charge in [0.2, 0.25) is 11.8 Å². The van der Waals surface area contributed by atoms with E-state index in [2.05, 4.69) is 0 Å². The van der Waals surface area contributed by atoms with Crippen LogP contribution in [0.4, 0.5) is 0 Å². The zero-order chi connectivity index (χ0) is 13.8. The van der Waals surface area contributed by atoms with Crippen LogP contribution in [0.2, 0.25) is 0 Å². The van der Waals surface area contributed by atoms with Crippen LogP contribution in [0.5, 0.6) is 0 Å². The maximum atomic E-state index is 11.9. The highest BCUT2D eigenvalue weighted by atomic mass is 16.4. The third-order valence-corrected chi connectivity index (χ3v) is 2.31. The van der Waals surface area contributed by atoms with E-state index in [-0.39, 0.29) is 24.9 Å². The van der Waals surface area contributed by atoms with Crippen molar-refractivity contribution in [3.63, 3.8) is 0 Å². The van der Waals surface area contributed by atoms with Crippen molar-refractivity contribution in [1.29, 1.82) is 0 Å². The van der Waals surface area contributed by atoms with E-state index in [1.807, 2.05) is 0 Å². The summed E-state index contributed by atoms with van der Waals surface area (Å²) in [5.41, 5.74) is -0.590. The van der Waals surface area contributed by atoms with Gasteiger partial charge in [-0.1, -0.05) is 0 Å². The summed E-state index contributed by atoms with van der Waals surface area (Å²) in [5.74, 6) is -1.68. The molecule has 0 saturated carbocycles. The second kappa shape index (κ2) is 5.65.